The van der Waals surface area contributed by atoms with E-state index < -0.39 is 11.9 Å². The Balaban J connectivity index is 1.54. The van der Waals surface area contributed by atoms with Gasteiger partial charge in [-0.2, -0.15) is 0 Å². The number of amides is 1. The Kier molecular flexibility index (Phi) is 8.02. The highest BCUT2D eigenvalue weighted by Gasteiger charge is 2.48. The van der Waals surface area contributed by atoms with Crippen molar-refractivity contribution in [3.8, 4) is 0 Å². The molecule has 0 radical (unpaired) electrons. The fraction of sp³-hybridized carbons (Fsp3) is 0.481. The molecule has 2 aliphatic rings. The molecular formula is C27H33ClFN3O2. The lowest BCUT2D eigenvalue weighted by Gasteiger charge is -2.29. The summed E-state index contributed by atoms with van der Waals surface area (Å²) in [6.07, 6.45) is 1.13. The Morgan fingerprint density at radius 2 is 1.91 bits per heavy atom. The molecule has 5 nitrogen and oxygen atoms in total. The summed E-state index contributed by atoms with van der Waals surface area (Å²) in [5, 5.41) is 6.73. The van der Waals surface area contributed by atoms with Gasteiger partial charge in [-0.05, 0) is 48.4 Å². The number of rotatable bonds is 9. The van der Waals surface area contributed by atoms with Crippen molar-refractivity contribution in [2.24, 2.45) is 17.8 Å². The van der Waals surface area contributed by atoms with Crippen molar-refractivity contribution in [1.29, 1.82) is 0 Å². The molecule has 4 rings (SSSR count). The van der Waals surface area contributed by atoms with Gasteiger partial charge in [-0.3, -0.25) is 14.5 Å². The van der Waals surface area contributed by atoms with E-state index in [1.165, 1.54) is 12.1 Å². The lowest BCUT2D eigenvalue weighted by molar-refractivity contribution is -0.122. The normalized spacial score (nSPS) is 23.1. The number of Topliss-reactive ketones (excluding diaryl/α,β-unsaturated/α-hetero) is 1. The van der Waals surface area contributed by atoms with Crippen LogP contribution in [0.3, 0.4) is 0 Å². The number of fused-ring (bicyclic) bond motifs is 1. The summed E-state index contributed by atoms with van der Waals surface area (Å²) in [5.41, 5.74) is 1.03. The number of carbonyl (C=O) groups excluding carboxylic acids is 2. The van der Waals surface area contributed by atoms with E-state index in [-0.39, 0.29) is 40.2 Å². The fourth-order valence-electron chi connectivity index (χ4n) is 5.41. The minimum absolute atomic E-state index is 0.0171. The lowest BCUT2D eigenvalue weighted by atomic mass is 9.89. The Morgan fingerprint density at radius 1 is 1.15 bits per heavy atom. The van der Waals surface area contributed by atoms with E-state index in [0.717, 1.165) is 25.2 Å². The molecule has 0 bridgehead atoms. The molecule has 0 spiro atoms. The van der Waals surface area contributed by atoms with Gasteiger partial charge in [-0.15, -0.1) is 0 Å². The van der Waals surface area contributed by atoms with E-state index >= 15 is 0 Å². The van der Waals surface area contributed by atoms with E-state index in [0.29, 0.717) is 25.3 Å². The maximum Gasteiger partial charge on any atom is 0.220 e. The van der Waals surface area contributed by atoms with E-state index in [1.807, 2.05) is 44.2 Å². The summed E-state index contributed by atoms with van der Waals surface area (Å²) in [4.78, 5) is 28.3. The first kappa shape index (κ1) is 24.8. The molecule has 2 saturated heterocycles. The molecule has 2 unspecified atom stereocenters. The highest BCUT2D eigenvalue weighted by molar-refractivity contribution is 6.34. The minimum Gasteiger partial charge on any atom is -0.349 e. The SMILES string of the molecule is CC(C)CC(=O)NC(CCN1CC2CNC[C@H]2[C@H]1C(=O)c1c(F)cccc1Cl)c1ccccc1. The number of nitrogens with one attached hydrogen (secondary N) is 2. The average Bonchev–Trinajstić information content (AvgIpc) is 3.37. The second-order valence-electron chi connectivity index (χ2n) is 9.90. The van der Waals surface area contributed by atoms with Crippen LogP contribution in [0.4, 0.5) is 4.39 Å². The van der Waals surface area contributed by atoms with Crippen LogP contribution in [0.25, 0.3) is 0 Å². The largest absolute Gasteiger partial charge is 0.349 e. The molecule has 34 heavy (non-hydrogen) atoms. The second-order valence-corrected chi connectivity index (χ2v) is 10.3. The van der Waals surface area contributed by atoms with Gasteiger partial charge >= 0.3 is 0 Å². The molecule has 2 heterocycles. The van der Waals surface area contributed by atoms with E-state index in [2.05, 4.69) is 15.5 Å². The third-order valence-corrected chi connectivity index (χ3v) is 7.29. The van der Waals surface area contributed by atoms with Crippen LogP contribution in [0.5, 0.6) is 0 Å². The first-order valence-corrected chi connectivity index (χ1v) is 12.5. The number of halogens is 2. The second kappa shape index (κ2) is 11.0. The molecular weight excluding hydrogens is 453 g/mol. The summed E-state index contributed by atoms with van der Waals surface area (Å²) in [6.45, 7) is 7.02. The van der Waals surface area contributed by atoms with Gasteiger partial charge in [0, 0.05) is 26.1 Å². The highest BCUT2D eigenvalue weighted by atomic mass is 35.5. The zero-order valence-electron chi connectivity index (χ0n) is 19.8. The van der Waals surface area contributed by atoms with Gasteiger partial charge in [0.2, 0.25) is 5.91 Å². The molecule has 2 aliphatic heterocycles. The molecule has 2 N–H and O–H groups in total. The van der Waals surface area contributed by atoms with Crippen LogP contribution in [-0.2, 0) is 4.79 Å². The predicted molar refractivity (Wildman–Crippen MR) is 132 cm³/mol. The zero-order valence-corrected chi connectivity index (χ0v) is 20.5. The van der Waals surface area contributed by atoms with Crippen molar-refractivity contribution in [3.63, 3.8) is 0 Å². The molecule has 0 aromatic heterocycles. The van der Waals surface area contributed by atoms with Gasteiger partial charge in [-0.25, -0.2) is 4.39 Å². The van der Waals surface area contributed by atoms with Gasteiger partial charge in [-0.1, -0.05) is 61.8 Å². The van der Waals surface area contributed by atoms with Crippen molar-refractivity contribution in [2.75, 3.05) is 26.2 Å². The Bertz CT molecular complexity index is 996. The summed E-state index contributed by atoms with van der Waals surface area (Å²) < 4.78 is 14.6. The predicted octanol–water partition coefficient (Wildman–Crippen LogP) is 4.48. The van der Waals surface area contributed by atoms with Crippen LogP contribution in [0.15, 0.2) is 48.5 Å². The number of hydrogen-bond acceptors (Lipinski definition) is 4. The van der Waals surface area contributed by atoms with Crippen molar-refractivity contribution in [1.82, 2.24) is 15.5 Å². The van der Waals surface area contributed by atoms with Crippen LogP contribution in [0.1, 0.15) is 48.7 Å². The molecule has 1 amide bonds. The third-order valence-electron chi connectivity index (χ3n) is 6.97. The third kappa shape index (κ3) is 5.51. The van der Waals surface area contributed by atoms with E-state index in [9.17, 15) is 14.0 Å². The van der Waals surface area contributed by atoms with Gasteiger partial charge in [0.15, 0.2) is 5.78 Å². The first-order chi connectivity index (χ1) is 16.3. The van der Waals surface area contributed by atoms with E-state index in [4.69, 9.17) is 11.6 Å². The zero-order chi connectivity index (χ0) is 24.2. The number of benzene rings is 2. The molecule has 7 heteroatoms. The smallest absolute Gasteiger partial charge is 0.220 e. The van der Waals surface area contributed by atoms with Gasteiger partial charge in [0.05, 0.1) is 22.7 Å². The van der Waals surface area contributed by atoms with Gasteiger partial charge < -0.3 is 10.6 Å². The van der Waals surface area contributed by atoms with Crippen LogP contribution in [-0.4, -0.2) is 48.8 Å². The molecule has 0 aliphatic carbocycles. The highest BCUT2D eigenvalue weighted by Crippen LogP contribution is 2.36. The summed E-state index contributed by atoms with van der Waals surface area (Å²) >= 11 is 6.26. The number of nitrogens with zero attached hydrogens (tertiary/aromatic N) is 1. The van der Waals surface area contributed by atoms with Gasteiger partial charge in [0.25, 0.3) is 0 Å². The van der Waals surface area contributed by atoms with Crippen molar-refractivity contribution in [2.45, 2.75) is 38.8 Å². The Labute approximate surface area is 206 Å². The van der Waals surface area contributed by atoms with Crippen LogP contribution >= 0.6 is 11.6 Å². The molecule has 2 aromatic rings. The number of likely N-dealkylation sites (tertiary alicyclic amines) is 1. The van der Waals surface area contributed by atoms with Crippen LogP contribution in [0.2, 0.25) is 5.02 Å². The monoisotopic (exact) mass is 485 g/mol. The first-order valence-electron chi connectivity index (χ1n) is 12.1. The Hall–Kier alpha value is -2.28. The van der Waals surface area contributed by atoms with Crippen molar-refractivity contribution >= 4 is 23.3 Å². The topological polar surface area (TPSA) is 61.4 Å². The summed E-state index contributed by atoms with van der Waals surface area (Å²) in [5.74, 6) is -0.0695. The van der Waals surface area contributed by atoms with Crippen LogP contribution in [0, 0.1) is 23.6 Å². The van der Waals surface area contributed by atoms with Crippen molar-refractivity contribution < 1.29 is 14.0 Å². The summed E-state index contributed by atoms with van der Waals surface area (Å²) in [7, 11) is 0. The lowest BCUT2D eigenvalue weighted by Crippen LogP contribution is -2.43. The minimum atomic E-state index is -0.574. The molecule has 2 fully saturated rings. The molecule has 182 valence electrons. The van der Waals surface area contributed by atoms with Crippen molar-refractivity contribution in [3.05, 3.63) is 70.5 Å². The maximum atomic E-state index is 14.6. The standard InChI is InChI=1S/C27H33ClFN3O2/c1-17(2)13-24(33)31-23(18-7-4-3-5-8-18)11-12-32-16-19-14-30-15-20(19)26(32)27(34)25-21(28)9-6-10-22(25)29/h3-10,17,19-20,23,26,30H,11-16H2,1-2H3,(H,31,33)/t19?,20-,23?,26+/m1/s1. The number of ketones is 1. The summed E-state index contributed by atoms with van der Waals surface area (Å²) in [6, 6.07) is 13.7. The maximum absolute atomic E-state index is 14.6. The number of carbonyl (C=O) groups is 2. The van der Waals surface area contributed by atoms with Gasteiger partial charge in [0.1, 0.15) is 5.82 Å². The molecule has 0 saturated carbocycles. The quantitative estimate of drug-likeness (QED) is 0.514. The van der Waals surface area contributed by atoms with E-state index in [1.54, 1.807) is 6.07 Å². The molecule has 2 aromatic carbocycles. The molecule has 4 atom stereocenters. The Morgan fingerprint density at radius 3 is 2.62 bits per heavy atom. The number of hydrogen-bond donors (Lipinski definition) is 2. The average molecular weight is 486 g/mol. The fourth-order valence-corrected chi connectivity index (χ4v) is 5.66. The van der Waals surface area contributed by atoms with Crippen LogP contribution < -0.4 is 10.6 Å².